The Morgan fingerprint density at radius 2 is 1.68 bits per heavy atom. The third-order valence-electron chi connectivity index (χ3n) is 3.66. The summed E-state index contributed by atoms with van der Waals surface area (Å²) in [6, 6.07) is 15.9. The van der Waals surface area contributed by atoms with Gasteiger partial charge in [0.15, 0.2) is 6.10 Å². The number of rotatable bonds is 8. The molecular weight excluding hydrogens is 340 g/mol. The predicted octanol–water partition coefficient (Wildman–Crippen LogP) is 3.26. The molecule has 134 valence electrons. The van der Waals surface area contributed by atoms with Crippen LogP contribution in [0.25, 0.3) is 0 Å². The van der Waals surface area contributed by atoms with E-state index in [0.29, 0.717) is 6.42 Å². The highest BCUT2D eigenvalue weighted by Crippen LogP contribution is 2.17. The van der Waals surface area contributed by atoms with Crippen LogP contribution in [0, 0.1) is 6.92 Å². The number of aryl methyl sites for hydroxylation is 1. The van der Waals surface area contributed by atoms with E-state index >= 15 is 0 Å². The minimum atomic E-state index is -4.01. The highest BCUT2D eigenvalue weighted by Gasteiger charge is 2.27. The lowest BCUT2D eigenvalue weighted by molar-refractivity contribution is -0.151. The molecule has 0 aliphatic carbocycles. The predicted molar refractivity (Wildman–Crippen MR) is 94.6 cm³/mol. The van der Waals surface area contributed by atoms with Gasteiger partial charge in [0.25, 0.3) is 10.1 Å². The lowest BCUT2D eigenvalue weighted by atomic mass is 10.2. The van der Waals surface area contributed by atoms with Crippen molar-refractivity contribution in [1.29, 1.82) is 0 Å². The number of esters is 1. The zero-order valence-electron chi connectivity index (χ0n) is 14.3. The van der Waals surface area contributed by atoms with Crippen LogP contribution in [0.5, 0.6) is 0 Å². The summed E-state index contributed by atoms with van der Waals surface area (Å²) in [4.78, 5) is 12.1. The Balaban J connectivity index is 1.94. The molecule has 0 spiro atoms. The molecule has 0 aliphatic heterocycles. The van der Waals surface area contributed by atoms with E-state index in [9.17, 15) is 13.2 Å². The fourth-order valence-corrected chi connectivity index (χ4v) is 3.30. The number of carbonyl (C=O) groups excluding carboxylic acids is 1. The normalized spacial score (nSPS) is 12.6. The molecule has 6 heteroatoms. The van der Waals surface area contributed by atoms with Crippen molar-refractivity contribution in [3.05, 3.63) is 65.7 Å². The van der Waals surface area contributed by atoms with E-state index in [1.807, 2.05) is 37.3 Å². The maximum atomic E-state index is 12.3. The number of hydrogen-bond donors (Lipinski definition) is 0. The van der Waals surface area contributed by atoms with Crippen LogP contribution >= 0.6 is 0 Å². The van der Waals surface area contributed by atoms with Crippen LogP contribution in [0.1, 0.15) is 24.5 Å². The molecule has 0 radical (unpaired) electrons. The second kappa shape index (κ2) is 8.78. The lowest BCUT2D eigenvalue weighted by Crippen LogP contribution is -2.29. The molecule has 2 rings (SSSR count). The molecule has 0 unspecified atom stereocenters. The monoisotopic (exact) mass is 362 g/mol. The van der Waals surface area contributed by atoms with Crippen LogP contribution in [-0.2, 0) is 30.3 Å². The van der Waals surface area contributed by atoms with Crippen molar-refractivity contribution in [3.63, 3.8) is 0 Å². The summed E-state index contributed by atoms with van der Waals surface area (Å²) in [5, 5.41) is 0. The maximum Gasteiger partial charge on any atom is 0.336 e. The van der Waals surface area contributed by atoms with Crippen molar-refractivity contribution in [2.45, 2.75) is 37.7 Å². The second-order valence-electron chi connectivity index (χ2n) is 5.66. The van der Waals surface area contributed by atoms with E-state index < -0.39 is 22.2 Å². The molecule has 0 bridgehead atoms. The van der Waals surface area contributed by atoms with Gasteiger partial charge in [-0.05, 0) is 31.0 Å². The van der Waals surface area contributed by atoms with Crippen LogP contribution in [0.15, 0.2) is 59.5 Å². The average molecular weight is 362 g/mol. The summed E-state index contributed by atoms with van der Waals surface area (Å²) < 4.78 is 34.8. The molecule has 0 fully saturated rings. The van der Waals surface area contributed by atoms with Gasteiger partial charge in [-0.25, -0.2) is 4.79 Å². The van der Waals surface area contributed by atoms with Crippen LogP contribution < -0.4 is 0 Å². The lowest BCUT2D eigenvalue weighted by Gasteiger charge is -2.15. The summed E-state index contributed by atoms with van der Waals surface area (Å²) in [5.41, 5.74) is 1.97. The van der Waals surface area contributed by atoms with Crippen LogP contribution in [0.2, 0.25) is 0 Å². The molecule has 0 saturated carbocycles. The molecule has 2 aromatic rings. The first-order chi connectivity index (χ1) is 11.9. The van der Waals surface area contributed by atoms with Gasteiger partial charge >= 0.3 is 5.97 Å². The first-order valence-electron chi connectivity index (χ1n) is 8.13. The zero-order valence-corrected chi connectivity index (χ0v) is 15.2. The Kier molecular flexibility index (Phi) is 6.73. The Morgan fingerprint density at radius 1 is 1.04 bits per heavy atom. The van der Waals surface area contributed by atoms with Crippen LogP contribution in [-0.4, -0.2) is 27.1 Å². The molecule has 25 heavy (non-hydrogen) atoms. The highest BCUT2D eigenvalue weighted by molar-refractivity contribution is 7.86. The third kappa shape index (κ3) is 5.69. The van der Waals surface area contributed by atoms with Crippen molar-refractivity contribution in [1.82, 2.24) is 0 Å². The zero-order chi connectivity index (χ0) is 18.3. The molecule has 1 atom stereocenters. The van der Waals surface area contributed by atoms with E-state index in [0.717, 1.165) is 11.1 Å². The minimum Gasteiger partial charge on any atom is -0.463 e. The van der Waals surface area contributed by atoms with Gasteiger partial charge in [-0.2, -0.15) is 8.42 Å². The maximum absolute atomic E-state index is 12.3. The average Bonchev–Trinajstić information content (AvgIpc) is 2.61. The standard InChI is InChI=1S/C19H22O5S/c1-3-18(19(20)23-14-13-16-7-5-4-6-8-16)24-25(21,22)17-11-9-15(2)10-12-17/h4-12,18H,3,13-14H2,1-2H3/t18-/m0/s1. The number of hydrogen-bond acceptors (Lipinski definition) is 5. The van der Waals surface area contributed by atoms with E-state index in [4.69, 9.17) is 8.92 Å². The molecule has 2 aromatic carbocycles. The van der Waals surface area contributed by atoms with Gasteiger partial charge in [-0.3, -0.25) is 4.18 Å². The SMILES string of the molecule is CC[C@H](OS(=O)(=O)c1ccc(C)cc1)C(=O)OCCc1ccccc1. The fraction of sp³-hybridized carbons (Fsp3) is 0.316. The van der Waals surface area contributed by atoms with Crippen molar-refractivity contribution in [2.75, 3.05) is 6.61 Å². The van der Waals surface area contributed by atoms with Crippen molar-refractivity contribution < 1.29 is 22.1 Å². The molecule has 0 amide bonds. The molecule has 0 N–H and O–H groups in total. The fourth-order valence-electron chi connectivity index (χ4n) is 2.19. The smallest absolute Gasteiger partial charge is 0.336 e. The number of carbonyl (C=O) groups is 1. The van der Waals surface area contributed by atoms with Gasteiger partial charge in [0.2, 0.25) is 0 Å². The van der Waals surface area contributed by atoms with Crippen LogP contribution in [0.4, 0.5) is 0 Å². The first-order valence-corrected chi connectivity index (χ1v) is 9.53. The number of ether oxygens (including phenoxy) is 1. The summed E-state index contributed by atoms with van der Waals surface area (Å²) in [7, 11) is -4.01. The van der Waals surface area contributed by atoms with E-state index in [-0.39, 0.29) is 17.9 Å². The van der Waals surface area contributed by atoms with Crippen molar-refractivity contribution in [2.24, 2.45) is 0 Å². The van der Waals surface area contributed by atoms with Gasteiger partial charge in [-0.15, -0.1) is 0 Å². The van der Waals surface area contributed by atoms with E-state index in [1.54, 1.807) is 19.1 Å². The van der Waals surface area contributed by atoms with Crippen LogP contribution in [0.3, 0.4) is 0 Å². The van der Waals surface area contributed by atoms with Gasteiger partial charge in [0, 0.05) is 6.42 Å². The molecule has 0 saturated heterocycles. The summed E-state index contributed by atoms with van der Waals surface area (Å²) in [6.07, 6.45) is -0.384. The van der Waals surface area contributed by atoms with E-state index in [2.05, 4.69) is 0 Å². The van der Waals surface area contributed by atoms with Crippen molar-refractivity contribution in [3.8, 4) is 0 Å². The molecule has 5 nitrogen and oxygen atoms in total. The molecule has 0 aliphatic rings. The van der Waals surface area contributed by atoms with Gasteiger partial charge in [0.1, 0.15) is 0 Å². The minimum absolute atomic E-state index is 0.0219. The van der Waals surface area contributed by atoms with Gasteiger partial charge in [0.05, 0.1) is 11.5 Å². The Labute approximate surface area is 148 Å². The summed E-state index contributed by atoms with van der Waals surface area (Å²) in [5.74, 6) is -0.672. The summed E-state index contributed by atoms with van der Waals surface area (Å²) in [6.45, 7) is 3.71. The second-order valence-corrected chi connectivity index (χ2v) is 7.24. The number of benzene rings is 2. The first kappa shape index (κ1) is 19.1. The highest BCUT2D eigenvalue weighted by atomic mass is 32.2. The molecule has 0 aromatic heterocycles. The quantitative estimate of drug-likeness (QED) is 0.532. The Morgan fingerprint density at radius 3 is 2.28 bits per heavy atom. The summed E-state index contributed by atoms with van der Waals surface area (Å²) >= 11 is 0. The third-order valence-corrected chi connectivity index (χ3v) is 5.00. The van der Waals surface area contributed by atoms with Gasteiger partial charge < -0.3 is 4.74 Å². The largest absolute Gasteiger partial charge is 0.463 e. The molecule has 0 heterocycles. The molecular formula is C19H22O5S. The van der Waals surface area contributed by atoms with Gasteiger partial charge in [-0.1, -0.05) is 55.0 Å². The Bertz CT molecular complexity index is 782. The van der Waals surface area contributed by atoms with E-state index in [1.165, 1.54) is 12.1 Å². The topological polar surface area (TPSA) is 69.7 Å². The Hall–Kier alpha value is -2.18. The van der Waals surface area contributed by atoms with Crippen molar-refractivity contribution >= 4 is 16.1 Å².